The van der Waals surface area contributed by atoms with Crippen LogP contribution in [-0.4, -0.2) is 37.4 Å². The Kier molecular flexibility index (Phi) is 6.45. The number of ketones is 1. The van der Waals surface area contributed by atoms with Crippen LogP contribution in [0.25, 0.3) is 0 Å². The number of carbonyl (C=O) groups excluding carboxylic acids is 3. The van der Waals surface area contributed by atoms with Gasteiger partial charge in [-0.05, 0) is 43.3 Å². The van der Waals surface area contributed by atoms with Crippen molar-refractivity contribution in [1.29, 1.82) is 0 Å². The minimum absolute atomic E-state index is 0.0227. The number of esters is 1. The minimum atomic E-state index is -0.977. The molecule has 0 aliphatic carbocycles. The van der Waals surface area contributed by atoms with Crippen molar-refractivity contribution in [1.82, 2.24) is 0 Å². The summed E-state index contributed by atoms with van der Waals surface area (Å²) in [5.74, 6) is -1.27. The Morgan fingerprint density at radius 3 is 2.48 bits per heavy atom. The maximum absolute atomic E-state index is 12.5. The van der Waals surface area contributed by atoms with Crippen LogP contribution >= 0.6 is 23.2 Å². The van der Waals surface area contributed by atoms with Crippen LogP contribution in [0.4, 0.5) is 5.69 Å². The topological polar surface area (TPSA) is 72.9 Å². The van der Waals surface area contributed by atoms with E-state index in [-0.39, 0.29) is 29.7 Å². The van der Waals surface area contributed by atoms with Gasteiger partial charge in [-0.3, -0.25) is 14.4 Å². The van der Waals surface area contributed by atoms with E-state index in [1.165, 1.54) is 18.9 Å². The Morgan fingerprint density at radius 1 is 1.14 bits per heavy atom. The van der Waals surface area contributed by atoms with Crippen molar-refractivity contribution in [2.75, 3.05) is 18.6 Å². The van der Waals surface area contributed by atoms with E-state index in [1.54, 1.807) is 42.5 Å². The molecule has 2 aromatic rings. The molecular weight excluding hydrogens is 417 g/mol. The smallest absolute Gasteiger partial charge is 0.312 e. The van der Waals surface area contributed by atoms with Crippen molar-refractivity contribution in [3.63, 3.8) is 0 Å². The molecule has 2 aromatic carbocycles. The predicted molar refractivity (Wildman–Crippen MR) is 110 cm³/mol. The van der Waals surface area contributed by atoms with Crippen LogP contribution in [0, 0.1) is 5.92 Å². The van der Waals surface area contributed by atoms with Gasteiger partial charge in [0.15, 0.2) is 6.10 Å². The Morgan fingerprint density at radius 2 is 1.83 bits per heavy atom. The third-order valence-electron chi connectivity index (χ3n) is 4.72. The number of halogens is 2. The first-order chi connectivity index (χ1) is 13.8. The summed E-state index contributed by atoms with van der Waals surface area (Å²) in [4.78, 5) is 38.8. The lowest BCUT2D eigenvalue weighted by Crippen LogP contribution is -2.30. The predicted octanol–water partition coefficient (Wildman–Crippen LogP) is 4.17. The highest BCUT2D eigenvalue weighted by Crippen LogP contribution is 2.36. The maximum atomic E-state index is 12.5. The fraction of sp³-hybridized carbons (Fsp3) is 0.286. The van der Waals surface area contributed by atoms with Crippen molar-refractivity contribution < 1.29 is 23.9 Å². The molecule has 0 spiro atoms. The first kappa shape index (κ1) is 21.1. The molecule has 0 saturated carbocycles. The van der Waals surface area contributed by atoms with Gasteiger partial charge < -0.3 is 14.4 Å². The molecule has 1 heterocycles. The van der Waals surface area contributed by atoms with Crippen LogP contribution < -0.4 is 9.64 Å². The summed E-state index contributed by atoms with van der Waals surface area (Å²) >= 11 is 12.2. The van der Waals surface area contributed by atoms with Gasteiger partial charge in [0.1, 0.15) is 5.75 Å². The van der Waals surface area contributed by atoms with Crippen molar-refractivity contribution in [2.45, 2.75) is 19.4 Å². The van der Waals surface area contributed by atoms with Gasteiger partial charge >= 0.3 is 5.97 Å². The highest BCUT2D eigenvalue weighted by Gasteiger charge is 2.38. The van der Waals surface area contributed by atoms with E-state index in [4.69, 9.17) is 32.7 Å². The molecule has 152 valence electrons. The largest absolute Gasteiger partial charge is 0.497 e. The number of anilines is 1. The first-order valence-electron chi connectivity index (χ1n) is 8.95. The average molecular weight is 436 g/mol. The lowest BCUT2D eigenvalue weighted by Gasteiger charge is -2.19. The molecule has 29 heavy (non-hydrogen) atoms. The molecule has 1 aliphatic rings. The van der Waals surface area contributed by atoms with E-state index in [9.17, 15) is 14.4 Å². The molecule has 0 aromatic heterocycles. The normalized spacial score (nSPS) is 17.2. The summed E-state index contributed by atoms with van der Waals surface area (Å²) < 4.78 is 10.4. The maximum Gasteiger partial charge on any atom is 0.312 e. The SMILES string of the molecule is COc1ccc(C(=O)[C@H](C)OC(=O)[C@H]2CC(=O)N(c3cccc(Cl)c3Cl)C2)cc1. The number of carbonyl (C=O) groups is 3. The molecule has 0 radical (unpaired) electrons. The van der Waals surface area contributed by atoms with E-state index in [1.807, 2.05) is 0 Å². The van der Waals surface area contributed by atoms with Gasteiger partial charge in [-0.15, -0.1) is 0 Å². The second-order valence-corrected chi connectivity index (χ2v) is 7.44. The molecule has 3 rings (SSSR count). The molecule has 1 aliphatic heterocycles. The molecule has 6 nitrogen and oxygen atoms in total. The molecule has 0 N–H and O–H groups in total. The zero-order valence-corrected chi connectivity index (χ0v) is 17.4. The number of methoxy groups -OCH3 is 1. The fourth-order valence-corrected chi connectivity index (χ4v) is 3.51. The Hall–Kier alpha value is -2.57. The molecule has 0 bridgehead atoms. The molecule has 8 heteroatoms. The van der Waals surface area contributed by atoms with Gasteiger partial charge in [0.05, 0.1) is 28.8 Å². The van der Waals surface area contributed by atoms with Gasteiger partial charge in [0.2, 0.25) is 11.7 Å². The zero-order valence-electron chi connectivity index (χ0n) is 15.9. The van der Waals surface area contributed by atoms with E-state index >= 15 is 0 Å². The number of amides is 1. The summed E-state index contributed by atoms with van der Waals surface area (Å²) in [6, 6.07) is 11.5. The summed E-state index contributed by atoms with van der Waals surface area (Å²) in [6.45, 7) is 1.62. The second kappa shape index (κ2) is 8.84. The number of ether oxygens (including phenoxy) is 2. The number of benzene rings is 2. The van der Waals surface area contributed by atoms with E-state index < -0.39 is 18.0 Å². The highest BCUT2D eigenvalue weighted by molar-refractivity contribution is 6.44. The zero-order chi connectivity index (χ0) is 21.1. The first-order valence-corrected chi connectivity index (χ1v) is 9.70. The number of rotatable bonds is 6. The van der Waals surface area contributed by atoms with E-state index in [2.05, 4.69) is 0 Å². The highest BCUT2D eigenvalue weighted by atomic mass is 35.5. The summed E-state index contributed by atoms with van der Waals surface area (Å²) in [7, 11) is 1.53. The van der Waals surface area contributed by atoms with E-state index in [0.717, 1.165) is 0 Å². The van der Waals surface area contributed by atoms with Gasteiger partial charge in [0, 0.05) is 18.5 Å². The minimum Gasteiger partial charge on any atom is -0.497 e. The third kappa shape index (κ3) is 4.54. The second-order valence-electron chi connectivity index (χ2n) is 6.65. The van der Waals surface area contributed by atoms with Crippen LogP contribution in [0.2, 0.25) is 10.0 Å². The molecular formula is C21H19Cl2NO5. The number of nitrogens with zero attached hydrogens (tertiary/aromatic N) is 1. The average Bonchev–Trinajstić information content (AvgIpc) is 3.11. The monoisotopic (exact) mass is 435 g/mol. The Balaban J connectivity index is 1.65. The van der Waals surface area contributed by atoms with Crippen LogP contribution in [-0.2, 0) is 14.3 Å². The summed E-state index contributed by atoms with van der Waals surface area (Å²) in [5, 5.41) is 0.571. The number of Topliss-reactive ketones (excluding diaryl/α,β-unsaturated/α-hetero) is 1. The standard InChI is InChI=1S/C21H19Cl2NO5/c1-12(20(26)13-6-8-15(28-2)9-7-13)29-21(27)14-10-18(25)24(11-14)17-5-3-4-16(22)19(17)23/h3-9,12,14H,10-11H2,1-2H3/t12-,14-/m0/s1. The van der Waals surface area contributed by atoms with Crippen molar-refractivity contribution in [3.05, 3.63) is 58.1 Å². The van der Waals surface area contributed by atoms with Crippen molar-refractivity contribution in [2.24, 2.45) is 5.92 Å². The summed E-state index contributed by atoms with van der Waals surface area (Å²) in [5.41, 5.74) is 0.850. The van der Waals surface area contributed by atoms with Crippen LogP contribution in [0.5, 0.6) is 5.75 Å². The van der Waals surface area contributed by atoms with Crippen molar-refractivity contribution >= 4 is 46.5 Å². The third-order valence-corrected chi connectivity index (χ3v) is 5.53. The number of hydrogen-bond donors (Lipinski definition) is 0. The van der Waals surface area contributed by atoms with Crippen LogP contribution in [0.3, 0.4) is 0 Å². The van der Waals surface area contributed by atoms with Gasteiger partial charge in [-0.25, -0.2) is 0 Å². The fourth-order valence-electron chi connectivity index (χ4n) is 3.11. The Bertz CT molecular complexity index is 945. The molecule has 1 fully saturated rings. The van der Waals surface area contributed by atoms with Crippen molar-refractivity contribution in [3.8, 4) is 5.75 Å². The lowest BCUT2D eigenvalue weighted by atomic mass is 10.1. The molecule has 1 saturated heterocycles. The van der Waals surface area contributed by atoms with Gasteiger partial charge in [0.25, 0.3) is 0 Å². The molecule has 0 unspecified atom stereocenters. The molecule has 1 amide bonds. The van der Waals surface area contributed by atoms with Crippen LogP contribution in [0.1, 0.15) is 23.7 Å². The summed E-state index contributed by atoms with van der Waals surface area (Å²) in [6.07, 6.45) is -1.000. The quantitative estimate of drug-likeness (QED) is 0.502. The van der Waals surface area contributed by atoms with E-state index in [0.29, 0.717) is 22.0 Å². The lowest BCUT2D eigenvalue weighted by molar-refractivity contribution is -0.151. The molecule has 2 atom stereocenters. The number of hydrogen-bond acceptors (Lipinski definition) is 5. The van der Waals surface area contributed by atoms with Gasteiger partial charge in [-0.2, -0.15) is 0 Å². The van der Waals surface area contributed by atoms with Crippen LogP contribution in [0.15, 0.2) is 42.5 Å². The Labute approximate surface area is 178 Å². The van der Waals surface area contributed by atoms with Gasteiger partial charge in [-0.1, -0.05) is 29.3 Å².